The molecule has 0 radical (unpaired) electrons. The minimum atomic E-state index is -0.792. The van der Waals surface area contributed by atoms with Gasteiger partial charge in [-0.25, -0.2) is 0 Å². The van der Waals surface area contributed by atoms with Gasteiger partial charge in [0.05, 0.1) is 6.04 Å². The van der Waals surface area contributed by atoms with Gasteiger partial charge in [-0.05, 0) is 24.2 Å². The van der Waals surface area contributed by atoms with E-state index in [0.29, 0.717) is 13.0 Å². The molecule has 0 heterocycles. The third-order valence-electron chi connectivity index (χ3n) is 3.40. The summed E-state index contributed by atoms with van der Waals surface area (Å²) in [7, 11) is 0. The van der Waals surface area contributed by atoms with E-state index in [1.165, 1.54) is 0 Å². The topological polar surface area (TPSA) is 92.4 Å². The van der Waals surface area contributed by atoms with Crippen LogP contribution < -0.4 is 11.1 Å². The first-order chi connectivity index (χ1) is 9.18. The van der Waals surface area contributed by atoms with Crippen molar-refractivity contribution < 1.29 is 14.7 Å². The molecule has 0 aliphatic heterocycles. The first-order valence-electron chi connectivity index (χ1n) is 6.87. The highest BCUT2D eigenvalue weighted by atomic mass is 16.4. The van der Waals surface area contributed by atoms with Gasteiger partial charge in [-0.3, -0.25) is 9.59 Å². The molecule has 2 unspecified atom stereocenters. The van der Waals surface area contributed by atoms with Crippen molar-refractivity contribution in [3.05, 3.63) is 0 Å². The smallest absolute Gasteiger partial charge is 0.303 e. The molecular formula is C15H26N2O3. The molecule has 0 aromatic carbocycles. The van der Waals surface area contributed by atoms with E-state index in [9.17, 15) is 9.59 Å². The van der Waals surface area contributed by atoms with Gasteiger partial charge in [0.15, 0.2) is 0 Å². The summed E-state index contributed by atoms with van der Waals surface area (Å²) in [6, 6.07) is -0.674. The molecule has 0 saturated heterocycles. The third-order valence-corrected chi connectivity index (χ3v) is 3.40. The summed E-state index contributed by atoms with van der Waals surface area (Å²) >= 11 is 0. The van der Waals surface area contributed by atoms with Crippen LogP contribution in [0.1, 0.15) is 46.5 Å². The minimum absolute atomic E-state index is 0.00110. The number of carbonyl (C=O) groups is 2. The van der Waals surface area contributed by atoms with Crippen LogP contribution in [0, 0.1) is 23.7 Å². The Morgan fingerprint density at radius 3 is 2.40 bits per heavy atom. The van der Waals surface area contributed by atoms with E-state index in [-0.39, 0.29) is 30.1 Å². The number of aliphatic carboxylic acids is 1. The molecule has 0 saturated carbocycles. The van der Waals surface area contributed by atoms with Crippen molar-refractivity contribution in [1.29, 1.82) is 0 Å². The van der Waals surface area contributed by atoms with Crippen LogP contribution in [-0.4, -0.2) is 29.6 Å². The maximum Gasteiger partial charge on any atom is 0.303 e. The fourth-order valence-electron chi connectivity index (χ4n) is 2.03. The number of carboxylic acid groups (broad SMARTS) is 1. The van der Waals surface area contributed by atoms with Gasteiger partial charge in [-0.15, -0.1) is 12.3 Å². The Balaban J connectivity index is 4.24. The van der Waals surface area contributed by atoms with Gasteiger partial charge in [0.2, 0.25) is 5.91 Å². The summed E-state index contributed by atoms with van der Waals surface area (Å²) in [4.78, 5) is 22.3. The van der Waals surface area contributed by atoms with Crippen molar-refractivity contribution >= 4 is 11.9 Å². The molecule has 0 fully saturated rings. The molecule has 0 bridgehead atoms. The lowest BCUT2D eigenvalue weighted by Gasteiger charge is -2.30. The SMILES string of the molecule is C#CCC(N)C(=O)NCCC(CCC(=O)O)C(C)(C)C. The Kier molecular flexibility index (Phi) is 7.93. The van der Waals surface area contributed by atoms with Crippen molar-refractivity contribution in [3.63, 3.8) is 0 Å². The molecular weight excluding hydrogens is 256 g/mol. The summed E-state index contributed by atoms with van der Waals surface area (Å²) in [6.45, 7) is 6.71. The van der Waals surface area contributed by atoms with Gasteiger partial charge in [-0.1, -0.05) is 20.8 Å². The van der Waals surface area contributed by atoms with Gasteiger partial charge in [0.1, 0.15) is 0 Å². The predicted octanol–water partition coefficient (Wildman–Crippen LogP) is 1.37. The summed E-state index contributed by atoms with van der Waals surface area (Å²) in [5, 5.41) is 11.5. The van der Waals surface area contributed by atoms with Crippen molar-refractivity contribution in [2.24, 2.45) is 17.1 Å². The van der Waals surface area contributed by atoms with Gasteiger partial charge in [0, 0.05) is 19.4 Å². The second-order valence-electron chi connectivity index (χ2n) is 6.09. The van der Waals surface area contributed by atoms with Crippen molar-refractivity contribution in [1.82, 2.24) is 5.32 Å². The molecule has 5 nitrogen and oxygen atoms in total. The van der Waals surface area contributed by atoms with Gasteiger partial charge < -0.3 is 16.2 Å². The number of nitrogens with two attached hydrogens (primary N) is 1. The van der Waals surface area contributed by atoms with Crippen LogP contribution in [0.4, 0.5) is 0 Å². The molecule has 5 heteroatoms. The summed E-state index contributed by atoms with van der Waals surface area (Å²) in [6.07, 6.45) is 6.79. The van der Waals surface area contributed by atoms with E-state index < -0.39 is 12.0 Å². The molecule has 0 aromatic heterocycles. The average molecular weight is 282 g/mol. The first-order valence-corrected chi connectivity index (χ1v) is 6.87. The second kappa shape index (κ2) is 8.60. The lowest BCUT2D eigenvalue weighted by atomic mass is 9.76. The largest absolute Gasteiger partial charge is 0.481 e. The number of nitrogens with one attached hydrogen (secondary N) is 1. The predicted molar refractivity (Wildman–Crippen MR) is 78.9 cm³/mol. The van der Waals surface area contributed by atoms with Crippen molar-refractivity contribution in [3.8, 4) is 12.3 Å². The molecule has 114 valence electrons. The quantitative estimate of drug-likeness (QED) is 0.586. The Morgan fingerprint density at radius 2 is 1.95 bits per heavy atom. The molecule has 2 atom stereocenters. The maximum atomic E-state index is 11.6. The molecule has 0 aliphatic rings. The van der Waals surface area contributed by atoms with E-state index in [0.717, 1.165) is 6.42 Å². The number of rotatable bonds is 8. The standard InChI is InChI=1S/C15H26N2O3/c1-5-6-12(16)14(20)17-10-9-11(15(2,3)4)7-8-13(18)19/h1,11-12H,6-10,16H2,2-4H3,(H,17,20)(H,18,19). The first kappa shape index (κ1) is 18.5. The van der Waals surface area contributed by atoms with Crippen LogP contribution in [0.15, 0.2) is 0 Å². The maximum absolute atomic E-state index is 11.6. The summed E-state index contributed by atoms with van der Waals surface area (Å²) < 4.78 is 0. The zero-order valence-electron chi connectivity index (χ0n) is 12.6. The van der Waals surface area contributed by atoms with E-state index in [4.69, 9.17) is 17.3 Å². The van der Waals surface area contributed by atoms with E-state index in [1.54, 1.807) is 0 Å². The van der Waals surface area contributed by atoms with Crippen LogP contribution in [-0.2, 0) is 9.59 Å². The molecule has 20 heavy (non-hydrogen) atoms. The lowest BCUT2D eigenvalue weighted by molar-refractivity contribution is -0.137. The summed E-state index contributed by atoms with van der Waals surface area (Å²) in [5.74, 6) is 1.53. The highest BCUT2D eigenvalue weighted by Gasteiger charge is 2.25. The third kappa shape index (κ3) is 7.80. The van der Waals surface area contributed by atoms with Crippen LogP contribution in [0.3, 0.4) is 0 Å². The Morgan fingerprint density at radius 1 is 1.35 bits per heavy atom. The minimum Gasteiger partial charge on any atom is -0.481 e. The second-order valence-corrected chi connectivity index (χ2v) is 6.09. The molecule has 0 aliphatic carbocycles. The normalized spacial score (nSPS) is 14.2. The number of carboxylic acids is 1. The zero-order chi connectivity index (χ0) is 15.8. The highest BCUT2D eigenvalue weighted by Crippen LogP contribution is 2.32. The highest BCUT2D eigenvalue weighted by molar-refractivity contribution is 5.81. The number of hydrogen-bond acceptors (Lipinski definition) is 3. The number of amides is 1. The summed E-state index contributed by atoms with van der Waals surface area (Å²) in [5.41, 5.74) is 5.60. The van der Waals surface area contributed by atoms with Crippen molar-refractivity contribution in [2.75, 3.05) is 6.54 Å². The zero-order valence-corrected chi connectivity index (χ0v) is 12.6. The molecule has 1 amide bonds. The van der Waals surface area contributed by atoms with Gasteiger partial charge >= 0.3 is 5.97 Å². The molecule has 0 rings (SSSR count). The molecule has 0 spiro atoms. The fraction of sp³-hybridized carbons (Fsp3) is 0.733. The van der Waals surface area contributed by atoms with E-state index >= 15 is 0 Å². The number of hydrogen-bond donors (Lipinski definition) is 3. The number of terminal acetylenes is 1. The van der Waals surface area contributed by atoms with Gasteiger partial charge in [0.25, 0.3) is 0 Å². The average Bonchev–Trinajstić information content (AvgIpc) is 2.31. The fourth-order valence-corrected chi connectivity index (χ4v) is 2.03. The Labute approximate surface area is 121 Å². The van der Waals surface area contributed by atoms with Gasteiger partial charge in [-0.2, -0.15) is 0 Å². The van der Waals surface area contributed by atoms with Crippen LogP contribution >= 0.6 is 0 Å². The molecule has 4 N–H and O–H groups in total. The van der Waals surface area contributed by atoms with Crippen LogP contribution in [0.25, 0.3) is 0 Å². The lowest BCUT2D eigenvalue weighted by Crippen LogP contribution is -2.41. The monoisotopic (exact) mass is 282 g/mol. The van der Waals surface area contributed by atoms with Crippen LogP contribution in [0.2, 0.25) is 0 Å². The van der Waals surface area contributed by atoms with Crippen molar-refractivity contribution in [2.45, 2.75) is 52.5 Å². The number of carbonyl (C=O) groups excluding carboxylic acids is 1. The molecule has 0 aromatic rings. The van der Waals surface area contributed by atoms with Crippen LogP contribution in [0.5, 0.6) is 0 Å². The van der Waals surface area contributed by atoms with E-state index in [1.807, 2.05) is 0 Å². The Bertz CT molecular complexity index is 366. The Hall–Kier alpha value is -1.54. The van der Waals surface area contributed by atoms with E-state index in [2.05, 4.69) is 32.0 Å².